The van der Waals surface area contributed by atoms with Crippen LogP contribution in [0.1, 0.15) is 22.8 Å². The molecule has 3 aliphatic heterocycles. The summed E-state index contributed by atoms with van der Waals surface area (Å²) in [5.74, 6) is -3.96. The maximum Gasteiger partial charge on any atom is 0.416 e. The second kappa shape index (κ2) is 7.60. The molecule has 0 bridgehead atoms. The van der Waals surface area contributed by atoms with Crippen LogP contribution in [0, 0.1) is 11.7 Å². The molecule has 1 spiro atoms. The maximum atomic E-state index is 14.4. The number of benzene rings is 1. The Morgan fingerprint density at radius 2 is 2.00 bits per heavy atom. The molecule has 3 unspecified atom stereocenters. The van der Waals surface area contributed by atoms with Crippen LogP contribution in [0.15, 0.2) is 22.1 Å². The van der Waals surface area contributed by atoms with Crippen molar-refractivity contribution in [2.24, 2.45) is 27.4 Å². The standard InChI is InChI=1S/C18H19ClF4N6O4/c1-6-11(33-14(31)8-2-7(18(21,22)23)3-9(19)12(8)20)4-28-15(24)26-10(5-30)13-17(6,28)29(32)16(25)27-13/h2-3,6,10-11,13,30,32H,4-5H2,1H3,(H2,24,26)(H2,25,27)/t6?,10-,11-,13?,17?/m0/s1. The van der Waals surface area contributed by atoms with Gasteiger partial charge in [-0.25, -0.2) is 19.2 Å². The molecule has 15 heteroatoms. The average Bonchev–Trinajstić information content (AvgIpc) is 3.18. The number of ether oxygens (including phenoxy) is 1. The summed E-state index contributed by atoms with van der Waals surface area (Å²) in [7, 11) is 0. The number of carbonyl (C=O) groups excluding carboxylic acids is 1. The molecule has 6 N–H and O–H groups in total. The lowest BCUT2D eigenvalue weighted by Crippen LogP contribution is -2.71. The van der Waals surface area contributed by atoms with Crippen LogP contribution in [0.4, 0.5) is 17.6 Å². The summed E-state index contributed by atoms with van der Waals surface area (Å²) in [4.78, 5) is 22.4. The van der Waals surface area contributed by atoms with Gasteiger partial charge in [0, 0.05) is 5.92 Å². The van der Waals surface area contributed by atoms with Gasteiger partial charge < -0.3 is 26.2 Å². The summed E-state index contributed by atoms with van der Waals surface area (Å²) in [6.45, 7) is 0.923. The number of aliphatic hydroxyl groups excluding tert-OH is 1. The first kappa shape index (κ1) is 23.3. The van der Waals surface area contributed by atoms with Gasteiger partial charge in [-0.15, -0.1) is 0 Å². The minimum atomic E-state index is -4.87. The van der Waals surface area contributed by atoms with Gasteiger partial charge in [0.1, 0.15) is 18.2 Å². The molecule has 0 aliphatic carbocycles. The Labute approximate surface area is 189 Å². The minimum absolute atomic E-state index is 0.104. The van der Waals surface area contributed by atoms with Crippen LogP contribution in [-0.4, -0.2) is 75.2 Å². The van der Waals surface area contributed by atoms with Crippen molar-refractivity contribution in [2.75, 3.05) is 13.2 Å². The molecule has 0 radical (unpaired) electrons. The van der Waals surface area contributed by atoms with Crippen molar-refractivity contribution < 1.29 is 37.4 Å². The van der Waals surface area contributed by atoms with Crippen molar-refractivity contribution >= 4 is 29.5 Å². The highest BCUT2D eigenvalue weighted by Gasteiger charge is 2.68. The molecule has 10 nitrogen and oxygen atoms in total. The van der Waals surface area contributed by atoms with E-state index in [2.05, 4.69) is 9.98 Å². The summed E-state index contributed by atoms with van der Waals surface area (Å²) in [6, 6.07) is -1.10. The van der Waals surface area contributed by atoms with E-state index in [0.717, 1.165) is 0 Å². The second-order valence-electron chi connectivity index (χ2n) is 7.92. The molecule has 4 rings (SSSR count). The maximum absolute atomic E-state index is 14.4. The SMILES string of the molecule is CC1[C@@H](OC(=O)c2cc(C(F)(F)F)cc(Cl)c2F)CN2C(N)=N[C@@H](CO)C3N=C(N)N(O)C312. The van der Waals surface area contributed by atoms with Gasteiger partial charge in [-0.2, -0.15) is 18.2 Å². The van der Waals surface area contributed by atoms with Crippen molar-refractivity contribution in [1.29, 1.82) is 0 Å². The number of aliphatic hydroxyl groups is 1. The number of nitrogens with zero attached hydrogens (tertiary/aromatic N) is 4. The van der Waals surface area contributed by atoms with Gasteiger partial charge in [-0.05, 0) is 12.1 Å². The molecule has 1 fully saturated rings. The predicted octanol–water partition coefficient (Wildman–Crippen LogP) is 0.749. The van der Waals surface area contributed by atoms with E-state index in [1.807, 2.05) is 0 Å². The topological polar surface area (TPSA) is 150 Å². The Bertz CT molecular complexity index is 1070. The number of aliphatic imine (C=N–C) groups is 2. The average molecular weight is 495 g/mol. The lowest BCUT2D eigenvalue weighted by atomic mass is 9.83. The Hall–Kier alpha value is -2.84. The zero-order chi connectivity index (χ0) is 24.5. The fourth-order valence-electron chi connectivity index (χ4n) is 4.68. The zero-order valence-electron chi connectivity index (χ0n) is 16.9. The Kier molecular flexibility index (Phi) is 5.37. The molecule has 5 atom stereocenters. The highest BCUT2D eigenvalue weighted by atomic mass is 35.5. The van der Waals surface area contributed by atoms with Gasteiger partial charge in [0.25, 0.3) is 0 Å². The van der Waals surface area contributed by atoms with E-state index in [4.69, 9.17) is 27.8 Å². The van der Waals surface area contributed by atoms with Crippen molar-refractivity contribution in [3.05, 3.63) is 34.1 Å². The third-order valence-corrected chi connectivity index (χ3v) is 6.52. The van der Waals surface area contributed by atoms with E-state index < -0.39 is 70.5 Å². The fourth-order valence-corrected chi connectivity index (χ4v) is 4.90. The normalized spacial score (nSPS) is 31.2. The molecule has 0 saturated carbocycles. The summed E-state index contributed by atoms with van der Waals surface area (Å²) in [5.41, 5.74) is 8.00. The molecule has 3 aliphatic rings. The number of halogens is 5. The summed E-state index contributed by atoms with van der Waals surface area (Å²) in [5, 5.41) is 20.2. The zero-order valence-corrected chi connectivity index (χ0v) is 17.7. The lowest BCUT2D eigenvalue weighted by Gasteiger charge is -2.48. The molecular weight excluding hydrogens is 476 g/mol. The first-order valence-electron chi connectivity index (χ1n) is 9.65. The van der Waals surface area contributed by atoms with E-state index in [-0.39, 0.29) is 18.5 Å². The van der Waals surface area contributed by atoms with E-state index >= 15 is 0 Å². The molecule has 0 amide bonds. The minimum Gasteiger partial charge on any atom is -0.456 e. The molecule has 3 heterocycles. The molecule has 1 aromatic carbocycles. The van der Waals surface area contributed by atoms with E-state index in [9.17, 15) is 32.7 Å². The number of rotatable bonds is 3. The number of guanidine groups is 2. The Morgan fingerprint density at radius 1 is 1.33 bits per heavy atom. The molecule has 1 saturated heterocycles. The number of esters is 1. The second-order valence-corrected chi connectivity index (χ2v) is 8.33. The quantitative estimate of drug-likeness (QED) is 0.355. The number of hydroxylamine groups is 2. The Balaban J connectivity index is 1.68. The van der Waals surface area contributed by atoms with Crippen LogP contribution in [0.3, 0.4) is 0 Å². The number of hydrogen-bond donors (Lipinski definition) is 4. The molecular formula is C18H19ClF4N6O4. The third kappa shape index (κ3) is 3.27. The molecule has 1 aromatic rings. The van der Waals surface area contributed by atoms with Crippen LogP contribution >= 0.6 is 11.6 Å². The number of alkyl halides is 3. The van der Waals surface area contributed by atoms with E-state index in [0.29, 0.717) is 17.2 Å². The molecule has 180 valence electrons. The van der Waals surface area contributed by atoms with Crippen LogP contribution in [0.2, 0.25) is 5.02 Å². The summed E-state index contributed by atoms with van der Waals surface area (Å²) in [6.07, 6.45) is -5.98. The lowest BCUT2D eigenvalue weighted by molar-refractivity contribution is -0.170. The number of carbonyl (C=O) groups is 1. The van der Waals surface area contributed by atoms with E-state index in [1.165, 1.54) is 4.90 Å². The summed E-state index contributed by atoms with van der Waals surface area (Å²) < 4.78 is 59.1. The van der Waals surface area contributed by atoms with Crippen LogP contribution in [0.5, 0.6) is 0 Å². The smallest absolute Gasteiger partial charge is 0.416 e. The van der Waals surface area contributed by atoms with Crippen molar-refractivity contribution in [1.82, 2.24) is 9.96 Å². The van der Waals surface area contributed by atoms with Crippen LogP contribution in [0.25, 0.3) is 0 Å². The predicted molar refractivity (Wildman–Crippen MR) is 106 cm³/mol. The third-order valence-electron chi connectivity index (χ3n) is 6.25. The van der Waals surface area contributed by atoms with Crippen molar-refractivity contribution in [2.45, 2.75) is 37.0 Å². The van der Waals surface area contributed by atoms with Crippen LogP contribution < -0.4 is 11.5 Å². The van der Waals surface area contributed by atoms with Crippen molar-refractivity contribution in [3.8, 4) is 0 Å². The monoisotopic (exact) mass is 494 g/mol. The van der Waals surface area contributed by atoms with Gasteiger partial charge in [-0.3, -0.25) is 5.21 Å². The van der Waals surface area contributed by atoms with Gasteiger partial charge in [0.15, 0.2) is 17.4 Å². The first-order valence-corrected chi connectivity index (χ1v) is 10.0. The fraction of sp³-hybridized carbons (Fsp3) is 0.500. The van der Waals surface area contributed by atoms with Gasteiger partial charge >= 0.3 is 12.1 Å². The van der Waals surface area contributed by atoms with Gasteiger partial charge in [0.05, 0.1) is 29.3 Å². The number of nitrogens with two attached hydrogens (primary N) is 2. The van der Waals surface area contributed by atoms with Crippen molar-refractivity contribution in [3.63, 3.8) is 0 Å². The number of hydrogen-bond acceptors (Lipinski definition) is 10. The molecule has 33 heavy (non-hydrogen) atoms. The molecule has 0 aromatic heterocycles. The van der Waals surface area contributed by atoms with E-state index in [1.54, 1.807) is 6.92 Å². The van der Waals surface area contributed by atoms with Crippen LogP contribution in [-0.2, 0) is 10.9 Å². The highest BCUT2D eigenvalue weighted by Crippen LogP contribution is 2.48. The summed E-state index contributed by atoms with van der Waals surface area (Å²) >= 11 is 5.56. The Morgan fingerprint density at radius 3 is 2.61 bits per heavy atom. The van der Waals surface area contributed by atoms with Gasteiger partial charge in [-0.1, -0.05) is 18.5 Å². The highest BCUT2D eigenvalue weighted by molar-refractivity contribution is 6.31. The first-order chi connectivity index (χ1) is 15.3. The van der Waals surface area contributed by atoms with Gasteiger partial charge in [0.2, 0.25) is 5.96 Å². The largest absolute Gasteiger partial charge is 0.456 e.